The van der Waals surface area contributed by atoms with Crippen LogP contribution in [0.1, 0.15) is 17.3 Å². The van der Waals surface area contributed by atoms with E-state index in [1.54, 1.807) is 6.07 Å². The average Bonchev–Trinajstić information content (AvgIpc) is 2.65. The molecule has 0 bridgehead atoms. The van der Waals surface area contributed by atoms with Gasteiger partial charge in [-0.25, -0.2) is 0 Å². The summed E-state index contributed by atoms with van der Waals surface area (Å²) in [5, 5.41) is 6.64. The molecule has 1 unspecified atom stereocenters. The Morgan fingerprint density at radius 2 is 1.93 bits per heavy atom. The molecule has 0 aliphatic heterocycles. The largest absolute Gasteiger partial charge is 0.382 e. The molecule has 5 N–H and O–H groups in total. The first-order valence-corrected chi connectivity index (χ1v) is 4.38. The Hall–Kier alpha value is -1.81. The highest BCUT2D eigenvalue weighted by Gasteiger charge is 2.10. The fourth-order valence-corrected chi connectivity index (χ4v) is 1.35. The van der Waals surface area contributed by atoms with Crippen LogP contribution in [0.3, 0.4) is 0 Å². The van der Waals surface area contributed by atoms with Gasteiger partial charge in [0.1, 0.15) is 5.82 Å². The number of nitrogens with one attached hydrogen (secondary N) is 1. The molecule has 0 amide bonds. The van der Waals surface area contributed by atoms with Gasteiger partial charge >= 0.3 is 0 Å². The fraction of sp³-hybridized carbons (Fsp3) is 0.100. The second-order valence-electron chi connectivity index (χ2n) is 3.14. The predicted molar refractivity (Wildman–Crippen MR) is 55.5 cm³/mol. The molecule has 4 heteroatoms. The maximum absolute atomic E-state index is 6.00. The molecule has 72 valence electrons. The van der Waals surface area contributed by atoms with Crippen LogP contribution in [-0.4, -0.2) is 10.2 Å². The first-order chi connectivity index (χ1) is 6.77. The van der Waals surface area contributed by atoms with Crippen LogP contribution in [0.2, 0.25) is 0 Å². The molecule has 0 spiro atoms. The molecular formula is C10H12N4. The highest BCUT2D eigenvalue weighted by molar-refractivity contribution is 5.34. The van der Waals surface area contributed by atoms with Gasteiger partial charge < -0.3 is 11.5 Å². The monoisotopic (exact) mass is 188 g/mol. The van der Waals surface area contributed by atoms with Gasteiger partial charge in [-0.05, 0) is 5.56 Å². The van der Waals surface area contributed by atoms with Crippen molar-refractivity contribution in [1.82, 2.24) is 10.2 Å². The normalized spacial score (nSPS) is 12.6. The summed E-state index contributed by atoms with van der Waals surface area (Å²) >= 11 is 0. The smallest absolute Gasteiger partial charge is 0.145 e. The van der Waals surface area contributed by atoms with Gasteiger partial charge in [-0.2, -0.15) is 5.10 Å². The molecule has 2 rings (SSSR count). The zero-order valence-corrected chi connectivity index (χ0v) is 7.64. The van der Waals surface area contributed by atoms with Crippen molar-refractivity contribution in [2.75, 3.05) is 5.73 Å². The van der Waals surface area contributed by atoms with Gasteiger partial charge in [0.25, 0.3) is 0 Å². The van der Waals surface area contributed by atoms with E-state index in [0.717, 1.165) is 11.3 Å². The van der Waals surface area contributed by atoms with Gasteiger partial charge in [0.15, 0.2) is 0 Å². The second-order valence-corrected chi connectivity index (χ2v) is 3.14. The molecule has 1 aromatic heterocycles. The number of hydrogen-bond donors (Lipinski definition) is 3. The average molecular weight is 188 g/mol. The molecule has 0 aliphatic carbocycles. The summed E-state index contributed by atoms with van der Waals surface area (Å²) in [7, 11) is 0. The molecule has 1 heterocycles. The Bertz CT molecular complexity index is 407. The van der Waals surface area contributed by atoms with E-state index in [-0.39, 0.29) is 6.04 Å². The quantitative estimate of drug-likeness (QED) is 0.658. The number of H-pyrrole nitrogens is 1. The van der Waals surface area contributed by atoms with Crippen molar-refractivity contribution in [3.63, 3.8) is 0 Å². The molecule has 0 radical (unpaired) electrons. The third-order valence-corrected chi connectivity index (χ3v) is 2.11. The summed E-state index contributed by atoms with van der Waals surface area (Å²) in [6.07, 6.45) is 0. The van der Waals surface area contributed by atoms with Crippen LogP contribution in [0.25, 0.3) is 0 Å². The van der Waals surface area contributed by atoms with Crippen molar-refractivity contribution >= 4 is 5.82 Å². The molecule has 0 fully saturated rings. The molecule has 1 atom stereocenters. The minimum Gasteiger partial charge on any atom is -0.382 e. The third-order valence-electron chi connectivity index (χ3n) is 2.11. The molecule has 2 aromatic rings. The van der Waals surface area contributed by atoms with Crippen molar-refractivity contribution in [3.8, 4) is 0 Å². The van der Waals surface area contributed by atoms with Crippen LogP contribution in [0.5, 0.6) is 0 Å². The molecule has 1 aromatic carbocycles. The highest BCUT2D eigenvalue weighted by Crippen LogP contribution is 2.17. The number of rotatable bonds is 2. The highest BCUT2D eigenvalue weighted by atomic mass is 15.2. The number of nitrogen functional groups attached to an aromatic ring is 1. The Labute approximate surface area is 81.9 Å². The van der Waals surface area contributed by atoms with Crippen LogP contribution in [0.4, 0.5) is 5.82 Å². The van der Waals surface area contributed by atoms with E-state index in [1.165, 1.54) is 0 Å². The molecule has 14 heavy (non-hydrogen) atoms. The lowest BCUT2D eigenvalue weighted by molar-refractivity contribution is 0.817. The minimum absolute atomic E-state index is 0.194. The standard InChI is InChI=1S/C10H12N4/c11-9-6-8(13-14-9)10(12)7-4-2-1-3-5-7/h1-6,10H,12H2,(H3,11,13,14). The maximum Gasteiger partial charge on any atom is 0.145 e. The summed E-state index contributed by atoms with van der Waals surface area (Å²) in [6.45, 7) is 0. The Morgan fingerprint density at radius 3 is 2.50 bits per heavy atom. The van der Waals surface area contributed by atoms with Crippen molar-refractivity contribution in [2.45, 2.75) is 6.04 Å². The fourth-order valence-electron chi connectivity index (χ4n) is 1.35. The first-order valence-electron chi connectivity index (χ1n) is 4.38. The van der Waals surface area contributed by atoms with E-state index in [1.807, 2.05) is 30.3 Å². The Balaban J connectivity index is 2.29. The molecule has 4 nitrogen and oxygen atoms in total. The van der Waals surface area contributed by atoms with Gasteiger partial charge in [-0.1, -0.05) is 30.3 Å². The van der Waals surface area contributed by atoms with Crippen molar-refractivity contribution < 1.29 is 0 Å². The van der Waals surface area contributed by atoms with Crippen molar-refractivity contribution in [1.29, 1.82) is 0 Å². The summed E-state index contributed by atoms with van der Waals surface area (Å²) in [5.74, 6) is 0.464. The van der Waals surface area contributed by atoms with Crippen molar-refractivity contribution in [3.05, 3.63) is 47.7 Å². The van der Waals surface area contributed by atoms with Crippen LogP contribution in [-0.2, 0) is 0 Å². The van der Waals surface area contributed by atoms with Gasteiger partial charge in [-0.3, -0.25) is 5.10 Å². The Morgan fingerprint density at radius 1 is 1.21 bits per heavy atom. The van der Waals surface area contributed by atoms with E-state index in [0.29, 0.717) is 5.82 Å². The molecule has 0 saturated carbocycles. The lowest BCUT2D eigenvalue weighted by Crippen LogP contribution is -2.11. The summed E-state index contributed by atoms with van der Waals surface area (Å²) in [6, 6.07) is 11.4. The number of anilines is 1. The van der Waals surface area contributed by atoms with Gasteiger partial charge in [0, 0.05) is 6.07 Å². The topological polar surface area (TPSA) is 80.7 Å². The number of nitrogens with two attached hydrogens (primary N) is 2. The SMILES string of the molecule is Nc1cc(C(N)c2ccccc2)[nH]n1. The number of nitrogens with zero attached hydrogens (tertiary/aromatic N) is 1. The maximum atomic E-state index is 6.00. The zero-order valence-electron chi connectivity index (χ0n) is 7.64. The number of benzene rings is 1. The molecular weight excluding hydrogens is 176 g/mol. The van der Waals surface area contributed by atoms with Gasteiger partial charge in [0.2, 0.25) is 0 Å². The number of hydrogen-bond acceptors (Lipinski definition) is 3. The van der Waals surface area contributed by atoms with E-state index in [4.69, 9.17) is 11.5 Å². The van der Waals surface area contributed by atoms with Gasteiger partial charge in [0.05, 0.1) is 11.7 Å². The predicted octanol–water partition coefficient (Wildman–Crippen LogP) is 1.04. The summed E-state index contributed by atoms with van der Waals surface area (Å²) < 4.78 is 0. The number of aromatic amines is 1. The minimum atomic E-state index is -0.194. The van der Waals surface area contributed by atoms with E-state index in [9.17, 15) is 0 Å². The summed E-state index contributed by atoms with van der Waals surface area (Å²) in [4.78, 5) is 0. The van der Waals surface area contributed by atoms with Crippen LogP contribution in [0.15, 0.2) is 36.4 Å². The molecule has 0 saturated heterocycles. The van der Waals surface area contributed by atoms with E-state index in [2.05, 4.69) is 10.2 Å². The number of aromatic nitrogens is 2. The van der Waals surface area contributed by atoms with Crippen molar-refractivity contribution in [2.24, 2.45) is 5.73 Å². The van der Waals surface area contributed by atoms with E-state index >= 15 is 0 Å². The molecule has 0 aliphatic rings. The van der Waals surface area contributed by atoms with Crippen LogP contribution < -0.4 is 11.5 Å². The third kappa shape index (κ3) is 1.60. The van der Waals surface area contributed by atoms with Crippen LogP contribution >= 0.6 is 0 Å². The van der Waals surface area contributed by atoms with Crippen LogP contribution in [0, 0.1) is 0 Å². The summed E-state index contributed by atoms with van der Waals surface area (Å²) in [5.41, 5.74) is 13.4. The lowest BCUT2D eigenvalue weighted by atomic mass is 10.1. The lowest BCUT2D eigenvalue weighted by Gasteiger charge is -2.08. The van der Waals surface area contributed by atoms with Gasteiger partial charge in [-0.15, -0.1) is 0 Å². The first kappa shape index (κ1) is 8.77. The zero-order chi connectivity index (χ0) is 9.97. The van der Waals surface area contributed by atoms with E-state index < -0.39 is 0 Å². The Kier molecular flexibility index (Phi) is 2.20. The second kappa shape index (κ2) is 3.51.